The molecule has 3 rings (SSSR count). The molecule has 0 radical (unpaired) electrons. The molecule has 0 aliphatic carbocycles. The van der Waals surface area contributed by atoms with Crippen molar-refractivity contribution >= 4 is 11.6 Å². The fourth-order valence-corrected chi connectivity index (χ4v) is 4.10. The summed E-state index contributed by atoms with van der Waals surface area (Å²) in [7, 11) is 0. The van der Waals surface area contributed by atoms with Crippen LogP contribution in [-0.2, 0) is 12.7 Å². The molecule has 7 heteroatoms. The molecule has 1 aliphatic heterocycles. The summed E-state index contributed by atoms with van der Waals surface area (Å²) in [5, 5.41) is 2.52. The van der Waals surface area contributed by atoms with Gasteiger partial charge in [0.2, 0.25) is 0 Å². The molecule has 0 spiro atoms. The quantitative estimate of drug-likeness (QED) is 0.600. The van der Waals surface area contributed by atoms with Gasteiger partial charge in [-0.1, -0.05) is 38.2 Å². The number of aromatic nitrogens is 1. The summed E-state index contributed by atoms with van der Waals surface area (Å²) in [6, 6.07) is 5.45. The van der Waals surface area contributed by atoms with Gasteiger partial charge in [-0.2, -0.15) is 13.2 Å². The lowest BCUT2D eigenvalue weighted by molar-refractivity contribution is -0.138. The van der Waals surface area contributed by atoms with E-state index in [-0.39, 0.29) is 23.4 Å². The first-order valence-corrected chi connectivity index (χ1v) is 11.0. The maximum Gasteiger partial charge on any atom is 0.416 e. The number of carbonyl (C=O) groups is 1. The Labute approximate surface area is 187 Å². The Morgan fingerprint density at radius 1 is 1.22 bits per heavy atom. The molecule has 1 unspecified atom stereocenters. The van der Waals surface area contributed by atoms with E-state index in [9.17, 15) is 18.0 Å². The summed E-state index contributed by atoms with van der Waals surface area (Å²) >= 11 is 0. The number of terminal acetylenes is 1. The van der Waals surface area contributed by atoms with E-state index in [0.717, 1.165) is 44.8 Å². The monoisotopic (exact) mass is 443 g/mol. The van der Waals surface area contributed by atoms with Crippen molar-refractivity contribution in [2.75, 3.05) is 18.4 Å². The van der Waals surface area contributed by atoms with E-state index in [1.165, 1.54) is 37.0 Å². The second-order valence-corrected chi connectivity index (χ2v) is 8.27. The van der Waals surface area contributed by atoms with Crippen molar-refractivity contribution in [2.45, 2.75) is 51.7 Å². The molecule has 1 saturated heterocycles. The van der Waals surface area contributed by atoms with Crippen molar-refractivity contribution in [3.05, 3.63) is 58.9 Å². The molecule has 170 valence electrons. The van der Waals surface area contributed by atoms with Gasteiger partial charge in [0.05, 0.1) is 11.1 Å². The first kappa shape index (κ1) is 23.8. The lowest BCUT2D eigenvalue weighted by Gasteiger charge is -2.29. The van der Waals surface area contributed by atoms with Gasteiger partial charge in [0.25, 0.3) is 5.91 Å². The number of hydrogen-bond acceptors (Lipinski definition) is 3. The average molecular weight is 444 g/mol. The molecular formula is C25H28F3N3O. The highest BCUT2D eigenvalue weighted by Crippen LogP contribution is 2.35. The van der Waals surface area contributed by atoms with Crippen LogP contribution in [0.1, 0.15) is 66.1 Å². The summed E-state index contributed by atoms with van der Waals surface area (Å²) in [4.78, 5) is 18.5. The molecule has 1 amide bonds. The number of amides is 1. The molecule has 1 atom stereocenters. The van der Waals surface area contributed by atoms with Crippen LogP contribution in [0, 0.1) is 18.3 Å². The number of benzene rings is 1. The second kappa shape index (κ2) is 10.6. The van der Waals surface area contributed by atoms with Crippen LogP contribution >= 0.6 is 0 Å². The van der Waals surface area contributed by atoms with Crippen molar-refractivity contribution < 1.29 is 18.0 Å². The van der Waals surface area contributed by atoms with Crippen molar-refractivity contribution in [1.82, 2.24) is 9.88 Å². The highest BCUT2D eigenvalue weighted by atomic mass is 19.4. The lowest BCUT2D eigenvalue weighted by Crippen LogP contribution is -2.30. The van der Waals surface area contributed by atoms with E-state index in [1.807, 2.05) is 0 Å². The predicted octanol–water partition coefficient (Wildman–Crippen LogP) is 5.74. The molecule has 4 nitrogen and oxygen atoms in total. The van der Waals surface area contributed by atoms with Gasteiger partial charge in [-0.05, 0) is 55.6 Å². The van der Waals surface area contributed by atoms with Crippen LogP contribution in [0.5, 0.6) is 0 Å². The van der Waals surface area contributed by atoms with E-state index in [1.54, 1.807) is 0 Å². The Hall–Kier alpha value is -2.85. The molecule has 1 fully saturated rings. The minimum Gasteiger partial charge on any atom is -0.322 e. The van der Waals surface area contributed by atoms with E-state index in [4.69, 9.17) is 6.42 Å². The standard InChI is InChI=1S/C25H28F3N3O/c1-3-18-7-5-6-11-31(12-10-18)17-20-8-9-22(14-23(20)25(26,27)28)30-24(32)21-13-19(4-2)15-29-16-21/h2,8-9,13-16,18H,3,5-7,10-12,17H2,1H3,(H,30,32). The fourth-order valence-electron chi connectivity index (χ4n) is 4.10. The molecule has 2 aromatic rings. The zero-order valence-corrected chi connectivity index (χ0v) is 18.2. The number of hydrogen-bond donors (Lipinski definition) is 1. The molecule has 1 aromatic heterocycles. The first-order chi connectivity index (χ1) is 15.3. The Balaban J connectivity index is 1.78. The fraction of sp³-hybridized carbons (Fsp3) is 0.440. The van der Waals surface area contributed by atoms with E-state index in [2.05, 4.69) is 28.0 Å². The van der Waals surface area contributed by atoms with E-state index >= 15 is 0 Å². The summed E-state index contributed by atoms with van der Waals surface area (Å²) in [6.07, 6.45) is 8.98. The summed E-state index contributed by atoms with van der Waals surface area (Å²) in [5.74, 6) is 2.45. The summed E-state index contributed by atoms with van der Waals surface area (Å²) in [5.41, 5.74) is 0.183. The topological polar surface area (TPSA) is 45.2 Å². The van der Waals surface area contributed by atoms with Gasteiger partial charge in [0.1, 0.15) is 0 Å². The van der Waals surface area contributed by atoms with Gasteiger partial charge >= 0.3 is 6.18 Å². The Morgan fingerprint density at radius 3 is 2.75 bits per heavy atom. The molecule has 32 heavy (non-hydrogen) atoms. The number of nitrogens with zero attached hydrogens (tertiary/aromatic N) is 2. The van der Waals surface area contributed by atoms with Gasteiger partial charge in [-0.3, -0.25) is 14.7 Å². The second-order valence-electron chi connectivity index (χ2n) is 8.27. The number of pyridine rings is 1. The largest absolute Gasteiger partial charge is 0.416 e. The average Bonchev–Trinajstić information content (AvgIpc) is 2.76. The number of alkyl halides is 3. The van der Waals surface area contributed by atoms with Crippen LogP contribution in [0.4, 0.5) is 18.9 Å². The number of carbonyl (C=O) groups excluding carboxylic acids is 1. The molecule has 1 aromatic carbocycles. The smallest absolute Gasteiger partial charge is 0.322 e. The third-order valence-electron chi connectivity index (χ3n) is 6.00. The van der Waals surface area contributed by atoms with E-state index in [0.29, 0.717) is 11.5 Å². The third-order valence-corrected chi connectivity index (χ3v) is 6.00. The van der Waals surface area contributed by atoms with Crippen LogP contribution in [0.3, 0.4) is 0 Å². The summed E-state index contributed by atoms with van der Waals surface area (Å²) in [6.45, 7) is 4.01. The van der Waals surface area contributed by atoms with Crippen molar-refractivity contribution in [1.29, 1.82) is 0 Å². The van der Waals surface area contributed by atoms with Crippen LogP contribution in [-0.4, -0.2) is 28.9 Å². The zero-order valence-electron chi connectivity index (χ0n) is 18.2. The summed E-state index contributed by atoms with van der Waals surface area (Å²) < 4.78 is 41.5. The maximum atomic E-state index is 13.8. The minimum absolute atomic E-state index is 0.0795. The number of likely N-dealkylation sites (tertiary alicyclic amines) is 1. The molecule has 2 heterocycles. The van der Waals surface area contributed by atoms with Crippen LogP contribution in [0.15, 0.2) is 36.7 Å². The SMILES string of the molecule is C#Cc1cncc(C(=O)Nc2ccc(CN3CCCCC(CC)CC3)c(C(F)(F)F)c2)c1. The predicted molar refractivity (Wildman–Crippen MR) is 119 cm³/mol. The van der Waals surface area contributed by atoms with Crippen LogP contribution in [0.25, 0.3) is 0 Å². The van der Waals surface area contributed by atoms with E-state index < -0.39 is 17.6 Å². The third kappa shape index (κ3) is 6.33. The van der Waals surface area contributed by atoms with Crippen molar-refractivity contribution in [3.8, 4) is 12.3 Å². The Morgan fingerprint density at radius 2 is 2.03 bits per heavy atom. The number of nitrogens with one attached hydrogen (secondary N) is 1. The lowest BCUT2D eigenvalue weighted by atomic mass is 9.93. The van der Waals surface area contributed by atoms with Crippen molar-refractivity contribution in [2.24, 2.45) is 5.92 Å². The Bertz CT molecular complexity index is 981. The van der Waals surface area contributed by atoms with Gasteiger partial charge < -0.3 is 5.32 Å². The number of halogens is 3. The molecule has 1 N–H and O–H groups in total. The first-order valence-electron chi connectivity index (χ1n) is 11.0. The van der Waals surface area contributed by atoms with Gasteiger partial charge in [0.15, 0.2) is 0 Å². The minimum atomic E-state index is -4.52. The highest BCUT2D eigenvalue weighted by Gasteiger charge is 2.34. The van der Waals surface area contributed by atoms with Crippen molar-refractivity contribution in [3.63, 3.8) is 0 Å². The normalized spacial score (nSPS) is 17.8. The van der Waals surface area contributed by atoms with Crippen LogP contribution in [0.2, 0.25) is 0 Å². The molecular weight excluding hydrogens is 415 g/mol. The molecule has 0 saturated carbocycles. The number of anilines is 1. The maximum absolute atomic E-state index is 13.8. The Kier molecular flexibility index (Phi) is 7.92. The van der Waals surface area contributed by atoms with Crippen LogP contribution < -0.4 is 5.32 Å². The highest BCUT2D eigenvalue weighted by molar-refractivity contribution is 6.04. The zero-order chi connectivity index (χ0) is 23.1. The van der Waals surface area contributed by atoms with Gasteiger partial charge in [-0.15, -0.1) is 6.42 Å². The van der Waals surface area contributed by atoms with Gasteiger partial charge in [0, 0.05) is 30.2 Å². The number of rotatable bonds is 5. The molecule has 1 aliphatic rings. The molecule has 0 bridgehead atoms. The van der Waals surface area contributed by atoms with Gasteiger partial charge in [-0.25, -0.2) is 0 Å².